The second-order valence-corrected chi connectivity index (χ2v) is 5.74. The van der Waals surface area contributed by atoms with E-state index >= 15 is 0 Å². The molecule has 4 nitrogen and oxygen atoms in total. The lowest BCUT2D eigenvalue weighted by atomic mass is 10.1. The summed E-state index contributed by atoms with van der Waals surface area (Å²) in [6, 6.07) is 5.25. The zero-order valence-electron chi connectivity index (χ0n) is 13.8. The van der Waals surface area contributed by atoms with Crippen LogP contribution in [0.4, 0.5) is 0 Å². The Morgan fingerprint density at radius 3 is 2.14 bits per heavy atom. The fourth-order valence-corrected chi connectivity index (χ4v) is 2.64. The number of nitrogens with zero attached hydrogens (tertiary/aromatic N) is 1. The molecular formula is C17H30N2O2. The van der Waals surface area contributed by atoms with Crippen LogP contribution in [0.5, 0.6) is 11.5 Å². The monoisotopic (exact) mass is 294 g/mol. The summed E-state index contributed by atoms with van der Waals surface area (Å²) in [5.74, 6) is 0.209. The van der Waals surface area contributed by atoms with Crippen LogP contribution in [-0.2, 0) is 0 Å². The largest absolute Gasteiger partial charge is 0.508 e. The quantitative estimate of drug-likeness (QED) is 0.654. The van der Waals surface area contributed by atoms with E-state index in [0.29, 0.717) is 6.04 Å². The average molecular weight is 294 g/mol. The Kier molecular flexibility index (Phi) is 7.54. The first kappa shape index (κ1) is 17.8. The lowest BCUT2D eigenvalue weighted by molar-refractivity contribution is 0.288. The van der Waals surface area contributed by atoms with Gasteiger partial charge in [-0.3, -0.25) is 0 Å². The van der Waals surface area contributed by atoms with Gasteiger partial charge in [-0.2, -0.15) is 0 Å². The van der Waals surface area contributed by atoms with E-state index in [2.05, 4.69) is 37.9 Å². The molecule has 1 aromatic carbocycles. The molecule has 4 heteroatoms. The van der Waals surface area contributed by atoms with Gasteiger partial charge in [-0.1, -0.05) is 13.8 Å². The van der Waals surface area contributed by atoms with Crippen molar-refractivity contribution in [1.29, 1.82) is 0 Å². The molecule has 120 valence electrons. The molecule has 2 unspecified atom stereocenters. The van der Waals surface area contributed by atoms with Crippen LogP contribution in [0.15, 0.2) is 18.2 Å². The smallest absolute Gasteiger partial charge is 0.119 e. The van der Waals surface area contributed by atoms with E-state index in [-0.39, 0.29) is 17.5 Å². The normalized spacial score (nSPS) is 14.3. The maximum Gasteiger partial charge on any atom is 0.119 e. The van der Waals surface area contributed by atoms with E-state index in [1.165, 1.54) is 12.5 Å². The second-order valence-electron chi connectivity index (χ2n) is 5.74. The third kappa shape index (κ3) is 6.36. The van der Waals surface area contributed by atoms with Crippen molar-refractivity contribution in [3.63, 3.8) is 0 Å². The molecule has 0 saturated heterocycles. The maximum atomic E-state index is 9.54. The predicted molar refractivity (Wildman–Crippen MR) is 87.8 cm³/mol. The highest BCUT2D eigenvalue weighted by molar-refractivity contribution is 5.37. The van der Waals surface area contributed by atoms with Crippen molar-refractivity contribution in [1.82, 2.24) is 10.2 Å². The van der Waals surface area contributed by atoms with Gasteiger partial charge in [-0.05, 0) is 64.0 Å². The Bertz CT molecular complexity index is 399. The zero-order valence-corrected chi connectivity index (χ0v) is 13.8. The minimum atomic E-state index is 0.103. The van der Waals surface area contributed by atoms with Crippen molar-refractivity contribution < 1.29 is 10.2 Å². The Hall–Kier alpha value is -1.26. The number of phenolic OH excluding ortho intramolecular Hbond substituents is 2. The van der Waals surface area contributed by atoms with E-state index in [1.807, 2.05) is 0 Å². The van der Waals surface area contributed by atoms with Crippen molar-refractivity contribution in [2.24, 2.45) is 0 Å². The Labute approximate surface area is 128 Å². The third-order valence-electron chi connectivity index (χ3n) is 3.97. The number of rotatable bonds is 9. The van der Waals surface area contributed by atoms with E-state index in [4.69, 9.17) is 0 Å². The highest BCUT2D eigenvalue weighted by Gasteiger charge is 2.11. The molecule has 0 aliphatic carbocycles. The van der Waals surface area contributed by atoms with Crippen molar-refractivity contribution in [3.05, 3.63) is 23.8 Å². The van der Waals surface area contributed by atoms with Crippen LogP contribution < -0.4 is 5.32 Å². The molecule has 0 aromatic heterocycles. The molecule has 0 radical (unpaired) electrons. The van der Waals surface area contributed by atoms with E-state index in [0.717, 1.165) is 31.6 Å². The molecule has 1 aromatic rings. The molecule has 0 spiro atoms. The summed E-state index contributed by atoms with van der Waals surface area (Å²) in [5.41, 5.74) is 0.906. The van der Waals surface area contributed by atoms with Gasteiger partial charge in [0.05, 0.1) is 0 Å². The zero-order chi connectivity index (χ0) is 15.8. The number of phenols is 2. The summed E-state index contributed by atoms with van der Waals surface area (Å²) in [5, 5.41) is 22.6. The Morgan fingerprint density at radius 1 is 1.05 bits per heavy atom. The lowest BCUT2D eigenvalue weighted by Crippen LogP contribution is -2.30. The fraction of sp³-hybridized carbons (Fsp3) is 0.647. The van der Waals surface area contributed by atoms with Gasteiger partial charge in [0.15, 0.2) is 0 Å². The Morgan fingerprint density at radius 2 is 1.62 bits per heavy atom. The van der Waals surface area contributed by atoms with Crippen LogP contribution in [0.2, 0.25) is 0 Å². The highest BCUT2D eigenvalue weighted by Crippen LogP contribution is 2.25. The minimum absolute atomic E-state index is 0.103. The number of hydrogen-bond acceptors (Lipinski definition) is 4. The number of benzene rings is 1. The van der Waals surface area contributed by atoms with Gasteiger partial charge >= 0.3 is 0 Å². The first-order valence-corrected chi connectivity index (χ1v) is 7.97. The standard InChI is InChI=1S/C17H30N2O2/c1-5-19(6-2)9-7-8-13(3)18-14(4)15-10-16(20)12-17(21)11-15/h10-14,18,20-21H,5-9H2,1-4H3. The molecule has 3 N–H and O–H groups in total. The van der Waals surface area contributed by atoms with E-state index < -0.39 is 0 Å². The maximum absolute atomic E-state index is 9.54. The Balaban J connectivity index is 2.41. The number of hydrogen-bond donors (Lipinski definition) is 3. The summed E-state index contributed by atoms with van der Waals surface area (Å²) in [7, 11) is 0. The van der Waals surface area contributed by atoms with Gasteiger partial charge in [0, 0.05) is 18.2 Å². The molecule has 0 fully saturated rings. The summed E-state index contributed by atoms with van der Waals surface area (Å²) in [6.07, 6.45) is 2.29. The van der Waals surface area contributed by atoms with Crippen LogP contribution in [0.1, 0.15) is 52.1 Å². The van der Waals surface area contributed by atoms with Crippen molar-refractivity contribution in [2.45, 2.75) is 52.6 Å². The van der Waals surface area contributed by atoms with Gasteiger partial charge in [-0.25, -0.2) is 0 Å². The van der Waals surface area contributed by atoms with Gasteiger partial charge in [0.25, 0.3) is 0 Å². The van der Waals surface area contributed by atoms with E-state index in [1.54, 1.807) is 12.1 Å². The van der Waals surface area contributed by atoms with Gasteiger partial charge in [-0.15, -0.1) is 0 Å². The molecule has 0 bridgehead atoms. The SMILES string of the molecule is CCN(CC)CCCC(C)NC(C)c1cc(O)cc(O)c1. The summed E-state index contributed by atoms with van der Waals surface area (Å²) in [4.78, 5) is 2.43. The van der Waals surface area contributed by atoms with Crippen LogP contribution in [-0.4, -0.2) is 40.8 Å². The number of nitrogens with one attached hydrogen (secondary N) is 1. The third-order valence-corrected chi connectivity index (χ3v) is 3.97. The van der Waals surface area contributed by atoms with Crippen molar-refractivity contribution in [2.75, 3.05) is 19.6 Å². The molecule has 2 atom stereocenters. The molecular weight excluding hydrogens is 264 g/mol. The van der Waals surface area contributed by atoms with Gasteiger partial charge in [0.1, 0.15) is 11.5 Å². The molecule has 0 aliphatic heterocycles. The molecule has 1 rings (SSSR count). The lowest BCUT2D eigenvalue weighted by Gasteiger charge is -2.23. The highest BCUT2D eigenvalue weighted by atomic mass is 16.3. The van der Waals surface area contributed by atoms with Gasteiger partial charge in [0.2, 0.25) is 0 Å². The van der Waals surface area contributed by atoms with Crippen LogP contribution in [0.25, 0.3) is 0 Å². The van der Waals surface area contributed by atoms with Gasteiger partial charge < -0.3 is 20.4 Å². The molecule has 0 saturated carbocycles. The second kappa shape index (κ2) is 8.90. The molecule has 21 heavy (non-hydrogen) atoms. The topological polar surface area (TPSA) is 55.7 Å². The summed E-state index contributed by atoms with van der Waals surface area (Å²) < 4.78 is 0. The summed E-state index contributed by atoms with van der Waals surface area (Å²) >= 11 is 0. The first-order chi connectivity index (χ1) is 9.96. The summed E-state index contributed by atoms with van der Waals surface area (Å²) in [6.45, 7) is 12.0. The number of aromatic hydroxyl groups is 2. The molecule has 0 heterocycles. The first-order valence-electron chi connectivity index (χ1n) is 7.97. The van der Waals surface area contributed by atoms with Crippen LogP contribution >= 0.6 is 0 Å². The molecule has 0 amide bonds. The van der Waals surface area contributed by atoms with Crippen LogP contribution in [0, 0.1) is 0 Å². The van der Waals surface area contributed by atoms with Crippen molar-refractivity contribution >= 4 is 0 Å². The fourth-order valence-electron chi connectivity index (χ4n) is 2.64. The van der Waals surface area contributed by atoms with Crippen molar-refractivity contribution in [3.8, 4) is 11.5 Å². The average Bonchev–Trinajstić information content (AvgIpc) is 2.42. The predicted octanol–water partition coefficient (Wildman–Crippen LogP) is 3.26. The van der Waals surface area contributed by atoms with E-state index in [9.17, 15) is 10.2 Å². The molecule has 0 aliphatic rings. The minimum Gasteiger partial charge on any atom is -0.508 e. The van der Waals surface area contributed by atoms with Crippen LogP contribution in [0.3, 0.4) is 0 Å².